The highest BCUT2D eigenvalue weighted by Gasteiger charge is 2.29. The van der Waals surface area contributed by atoms with Crippen LogP contribution in [0.3, 0.4) is 0 Å². The fourth-order valence-electron chi connectivity index (χ4n) is 2.96. The van der Waals surface area contributed by atoms with Crippen LogP contribution in [0, 0.1) is 0 Å². The van der Waals surface area contributed by atoms with Gasteiger partial charge in [-0.1, -0.05) is 20.8 Å². The van der Waals surface area contributed by atoms with E-state index < -0.39 is 17.7 Å². The Hall–Kier alpha value is -2.16. The number of carboxylic acid groups (broad SMARTS) is 1. The maximum Gasteiger partial charge on any atom is 0.407 e. The van der Waals surface area contributed by atoms with E-state index in [1.807, 2.05) is 41.5 Å². The molecule has 8 nitrogen and oxygen atoms in total. The maximum atomic E-state index is 12.7. The molecule has 0 unspecified atom stereocenters. The number of rotatable bonds is 4. The maximum absolute atomic E-state index is 12.7. The minimum Gasteiger partial charge on any atom is -0.477 e. The molecule has 0 saturated carbocycles. The van der Waals surface area contributed by atoms with Crippen LogP contribution in [0.1, 0.15) is 74.8 Å². The van der Waals surface area contributed by atoms with E-state index in [4.69, 9.17) is 4.74 Å². The van der Waals surface area contributed by atoms with Gasteiger partial charge in [-0.2, -0.15) is 0 Å². The lowest BCUT2D eigenvalue weighted by Crippen LogP contribution is -2.48. The van der Waals surface area contributed by atoms with Crippen molar-refractivity contribution >= 4 is 29.3 Å². The smallest absolute Gasteiger partial charge is 0.407 e. The predicted molar refractivity (Wildman–Crippen MR) is 110 cm³/mol. The van der Waals surface area contributed by atoms with Gasteiger partial charge in [-0.3, -0.25) is 4.79 Å². The minimum absolute atomic E-state index is 0.0294. The normalized spacial score (nSPS) is 15.9. The molecule has 0 atom stereocenters. The number of carbonyl (C=O) groups excluding carboxylic acids is 2. The van der Waals surface area contributed by atoms with E-state index in [0.29, 0.717) is 36.6 Å². The van der Waals surface area contributed by atoms with Crippen molar-refractivity contribution in [3.05, 3.63) is 15.6 Å². The summed E-state index contributed by atoms with van der Waals surface area (Å²) in [4.78, 5) is 42.4. The standard InChI is InChI=1S/C20H31N3O5S/c1-19(2,3)17-22-13(15(29-17)16(25)26)11-14(24)23-9-7-12(8-10-23)21-18(27)28-20(4,5)6/h12H,7-11H2,1-6H3,(H,21,27)(H,25,26). The SMILES string of the molecule is CC(C)(C)OC(=O)NC1CCN(C(=O)Cc2nc(C(C)(C)C)sc2C(=O)O)CC1. The number of hydrogen-bond acceptors (Lipinski definition) is 6. The Bertz CT molecular complexity index is 768. The number of alkyl carbamates (subject to hydrolysis) is 1. The van der Waals surface area contributed by atoms with Gasteiger partial charge in [0, 0.05) is 24.5 Å². The number of aromatic nitrogens is 1. The van der Waals surface area contributed by atoms with E-state index in [2.05, 4.69) is 10.3 Å². The lowest BCUT2D eigenvalue weighted by molar-refractivity contribution is -0.131. The largest absolute Gasteiger partial charge is 0.477 e. The summed E-state index contributed by atoms with van der Waals surface area (Å²) in [6.45, 7) is 12.3. The lowest BCUT2D eigenvalue weighted by Gasteiger charge is -2.32. The molecule has 2 heterocycles. The highest BCUT2D eigenvalue weighted by molar-refractivity contribution is 7.13. The lowest BCUT2D eigenvalue weighted by atomic mass is 9.98. The van der Waals surface area contributed by atoms with E-state index in [-0.39, 0.29) is 28.7 Å². The summed E-state index contributed by atoms with van der Waals surface area (Å²) >= 11 is 1.13. The van der Waals surface area contributed by atoms with Crippen LogP contribution in [0.2, 0.25) is 0 Å². The van der Waals surface area contributed by atoms with E-state index in [9.17, 15) is 19.5 Å². The zero-order valence-electron chi connectivity index (χ0n) is 18.0. The Labute approximate surface area is 175 Å². The van der Waals surface area contributed by atoms with Gasteiger partial charge in [0.25, 0.3) is 0 Å². The number of carbonyl (C=O) groups is 3. The zero-order valence-corrected chi connectivity index (χ0v) is 18.8. The summed E-state index contributed by atoms with van der Waals surface area (Å²) < 4.78 is 5.27. The van der Waals surface area contributed by atoms with Crippen molar-refractivity contribution in [2.45, 2.75) is 77.9 Å². The number of amides is 2. The number of aromatic carboxylic acids is 1. The van der Waals surface area contributed by atoms with Crippen LogP contribution in [0.4, 0.5) is 4.79 Å². The minimum atomic E-state index is -1.05. The molecular formula is C20H31N3O5S. The number of piperidine rings is 1. The molecule has 0 spiro atoms. The molecule has 0 aromatic carbocycles. The number of ether oxygens (including phenoxy) is 1. The molecule has 162 valence electrons. The molecule has 1 aliphatic rings. The van der Waals surface area contributed by atoms with Gasteiger partial charge in [-0.15, -0.1) is 11.3 Å². The highest BCUT2D eigenvalue weighted by atomic mass is 32.1. The first-order chi connectivity index (χ1) is 13.3. The van der Waals surface area contributed by atoms with Crippen molar-refractivity contribution in [2.24, 2.45) is 0 Å². The number of likely N-dealkylation sites (tertiary alicyclic amines) is 1. The van der Waals surface area contributed by atoms with Gasteiger partial charge in [0.05, 0.1) is 17.1 Å². The van der Waals surface area contributed by atoms with Gasteiger partial charge in [-0.25, -0.2) is 14.6 Å². The van der Waals surface area contributed by atoms with Gasteiger partial charge in [0.15, 0.2) is 0 Å². The Balaban J connectivity index is 1.94. The molecule has 0 aliphatic carbocycles. The molecule has 9 heteroatoms. The third kappa shape index (κ3) is 6.69. The molecule has 1 fully saturated rings. The van der Waals surface area contributed by atoms with Crippen molar-refractivity contribution in [1.29, 1.82) is 0 Å². The summed E-state index contributed by atoms with van der Waals surface area (Å²) in [5, 5.41) is 13.0. The van der Waals surface area contributed by atoms with Crippen molar-refractivity contribution in [2.75, 3.05) is 13.1 Å². The molecular weight excluding hydrogens is 394 g/mol. The molecule has 2 rings (SSSR count). The fraction of sp³-hybridized carbons (Fsp3) is 0.700. The Morgan fingerprint density at radius 3 is 2.24 bits per heavy atom. The van der Waals surface area contributed by atoms with Crippen molar-refractivity contribution in [3.8, 4) is 0 Å². The van der Waals surface area contributed by atoms with Gasteiger partial charge in [0.2, 0.25) is 5.91 Å². The fourth-order valence-corrected chi connectivity index (χ4v) is 3.94. The third-order valence-corrected chi connectivity index (χ3v) is 5.93. The average Bonchev–Trinajstić information content (AvgIpc) is 2.98. The van der Waals surface area contributed by atoms with Crippen molar-refractivity contribution in [3.63, 3.8) is 0 Å². The van der Waals surface area contributed by atoms with Crippen molar-refractivity contribution in [1.82, 2.24) is 15.2 Å². The second-order valence-corrected chi connectivity index (χ2v) is 10.3. The number of hydrogen-bond donors (Lipinski definition) is 2. The topological polar surface area (TPSA) is 109 Å². The van der Waals surface area contributed by atoms with E-state index in [1.54, 1.807) is 4.90 Å². The molecule has 1 aromatic rings. The summed E-state index contributed by atoms with van der Waals surface area (Å²) in [5.41, 5.74) is -0.504. The van der Waals surface area contributed by atoms with E-state index >= 15 is 0 Å². The molecule has 0 radical (unpaired) electrons. The average molecular weight is 426 g/mol. The molecule has 1 aliphatic heterocycles. The first-order valence-electron chi connectivity index (χ1n) is 9.77. The quantitative estimate of drug-likeness (QED) is 0.767. The summed E-state index contributed by atoms with van der Waals surface area (Å²) in [6.07, 6.45) is 0.770. The number of nitrogens with zero attached hydrogens (tertiary/aromatic N) is 2. The van der Waals surface area contributed by atoms with E-state index in [0.717, 1.165) is 11.3 Å². The molecule has 1 saturated heterocycles. The number of carboxylic acids is 1. The first-order valence-corrected chi connectivity index (χ1v) is 10.6. The summed E-state index contributed by atoms with van der Waals surface area (Å²) in [5.74, 6) is -1.20. The van der Waals surface area contributed by atoms with Crippen LogP contribution in [0.25, 0.3) is 0 Å². The summed E-state index contributed by atoms with van der Waals surface area (Å²) in [6, 6.07) is -0.0461. The highest BCUT2D eigenvalue weighted by Crippen LogP contribution is 2.30. The van der Waals surface area contributed by atoms with Crippen LogP contribution in [0.15, 0.2) is 0 Å². The van der Waals surface area contributed by atoms with Crippen LogP contribution in [-0.4, -0.2) is 57.7 Å². The Morgan fingerprint density at radius 2 is 1.76 bits per heavy atom. The molecule has 0 bridgehead atoms. The van der Waals surface area contributed by atoms with Gasteiger partial charge < -0.3 is 20.1 Å². The van der Waals surface area contributed by atoms with Crippen molar-refractivity contribution < 1.29 is 24.2 Å². The Morgan fingerprint density at radius 1 is 1.17 bits per heavy atom. The molecule has 29 heavy (non-hydrogen) atoms. The van der Waals surface area contributed by atoms with E-state index in [1.165, 1.54) is 0 Å². The predicted octanol–water partition coefficient (Wildman–Crippen LogP) is 3.20. The monoisotopic (exact) mass is 425 g/mol. The van der Waals surface area contributed by atoms with Gasteiger partial charge >= 0.3 is 12.1 Å². The van der Waals surface area contributed by atoms with Crippen LogP contribution < -0.4 is 5.32 Å². The number of thiazole rings is 1. The zero-order chi connectivity index (χ0) is 22.0. The second kappa shape index (κ2) is 8.69. The van der Waals surface area contributed by atoms with Gasteiger partial charge in [-0.05, 0) is 33.6 Å². The number of nitrogens with one attached hydrogen (secondary N) is 1. The summed E-state index contributed by atoms with van der Waals surface area (Å²) in [7, 11) is 0. The third-order valence-electron chi connectivity index (χ3n) is 4.42. The first kappa shape index (κ1) is 23.1. The molecule has 2 N–H and O–H groups in total. The van der Waals surface area contributed by atoms with Crippen LogP contribution in [-0.2, 0) is 21.4 Å². The molecule has 2 amide bonds. The van der Waals surface area contributed by atoms with Crippen LogP contribution in [0.5, 0.6) is 0 Å². The van der Waals surface area contributed by atoms with Crippen LogP contribution >= 0.6 is 11.3 Å². The van der Waals surface area contributed by atoms with Gasteiger partial charge in [0.1, 0.15) is 10.5 Å². The second-order valence-electron chi connectivity index (χ2n) is 9.33. The molecule has 1 aromatic heterocycles. The Kier molecular flexibility index (Phi) is 6.93.